The predicted molar refractivity (Wildman–Crippen MR) is 63.5 cm³/mol. The lowest BCUT2D eigenvalue weighted by atomic mass is 9.87. The minimum atomic E-state index is -0.0776. The number of hydrogen-bond donors (Lipinski definition) is 2. The third-order valence-corrected chi connectivity index (χ3v) is 3.17. The Morgan fingerprint density at radius 2 is 2.06 bits per heavy atom. The van der Waals surface area contributed by atoms with Crippen molar-refractivity contribution in [1.29, 1.82) is 5.41 Å². The van der Waals surface area contributed by atoms with Crippen LogP contribution in [0.3, 0.4) is 0 Å². The van der Waals surface area contributed by atoms with Gasteiger partial charge in [0.05, 0.1) is 6.04 Å². The molecule has 1 saturated carbocycles. The van der Waals surface area contributed by atoms with Crippen LogP contribution in [0.25, 0.3) is 0 Å². The molecule has 2 fully saturated rings. The van der Waals surface area contributed by atoms with Crippen molar-refractivity contribution in [3.63, 3.8) is 0 Å². The summed E-state index contributed by atoms with van der Waals surface area (Å²) in [5.74, 6) is 1.06. The number of hydrogen-bond acceptors (Lipinski definition) is 2. The minimum absolute atomic E-state index is 0.0342. The largest absolute Gasteiger partial charge is 0.323 e. The summed E-state index contributed by atoms with van der Waals surface area (Å²) in [6, 6.07) is -0.112. The molecule has 4 nitrogen and oxygen atoms in total. The van der Waals surface area contributed by atoms with E-state index in [0.29, 0.717) is 11.8 Å². The quantitative estimate of drug-likeness (QED) is 0.757. The number of urea groups is 1. The Morgan fingerprint density at radius 1 is 1.44 bits per heavy atom. The van der Waals surface area contributed by atoms with Crippen molar-refractivity contribution in [2.45, 2.75) is 46.1 Å². The van der Waals surface area contributed by atoms with Crippen LogP contribution in [0.15, 0.2) is 0 Å². The molecule has 0 aromatic heterocycles. The second-order valence-corrected chi connectivity index (χ2v) is 6.22. The van der Waals surface area contributed by atoms with Crippen LogP contribution in [0.2, 0.25) is 0 Å². The van der Waals surface area contributed by atoms with E-state index in [9.17, 15) is 4.79 Å². The molecule has 90 valence electrons. The van der Waals surface area contributed by atoms with Crippen molar-refractivity contribution in [3.05, 3.63) is 0 Å². The van der Waals surface area contributed by atoms with Gasteiger partial charge in [-0.3, -0.25) is 10.7 Å². The smallest absolute Gasteiger partial charge is 0.314 e. The average molecular weight is 223 g/mol. The summed E-state index contributed by atoms with van der Waals surface area (Å²) >= 11 is 0. The minimum Gasteiger partial charge on any atom is -0.314 e. The van der Waals surface area contributed by atoms with Gasteiger partial charge in [0.2, 0.25) is 0 Å². The zero-order valence-electron chi connectivity index (χ0n) is 10.3. The van der Waals surface area contributed by atoms with Crippen LogP contribution in [-0.4, -0.2) is 29.4 Å². The SMILES string of the molecule is CC(C)(C)CC1C(=N)NC(=O)N1CC1CC1. The van der Waals surface area contributed by atoms with Gasteiger partial charge in [-0.05, 0) is 30.6 Å². The van der Waals surface area contributed by atoms with Gasteiger partial charge in [0.1, 0.15) is 5.84 Å². The first kappa shape index (κ1) is 11.4. The number of carbonyl (C=O) groups excluding carboxylic acids is 1. The number of nitrogens with one attached hydrogen (secondary N) is 2. The fourth-order valence-electron chi connectivity index (χ4n) is 2.15. The molecule has 0 aromatic rings. The Kier molecular flexibility index (Phi) is 2.68. The first-order valence-corrected chi connectivity index (χ1v) is 6.03. The lowest BCUT2D eigenvalue weighted by molar-refractivity contribution is 0.188. The number of amides is 2. The van der Waals surface area contributed by atoms with Gasteiger partial charge in [0.15, 0.2) is 0 Å². The summed E-state index contributed by atoms with van der Waals surface area (Å²) in [6.07, 6.45) is 3.33. The Labute approximate surface area is 96.9 Å². The molecule has 2 rings (SSSR count). The van der Waals surface area contributed by atoms with Crippen LogP contribution >= 0.6 is 0 Å². The first-order chi connectivity index (χ1) is 7.37. The number of carbonyl (C=O) groups is 1. The molecular formula is C12H21N3O. The third kappa shape index (κ3) is 2.54. The average Bonchev–Trinajstić information content (AvgIpc) is 2.88. The molecule has 1 atom stereocenters. The van der Waals surface area contributed by atoms with Crippen molar-refractivity contribution < 1.29 is 4.79 Å². The number of rotatable bonds is 3. The monoisotopic (exact) mass is 223 g/mol. The van der Waals surface area contributed by atoms with Gasteiger partial charge in [-0.15, -0.1) is 0 Å². The fraction of sp³-hybridized carbons (Fsp3) is 0.833. The van der Waals surface area contributed by atoms with E-state index in [-0.39, 0.29) is 17.5 Å². The Morgan fingerprint density at radius 3 is 2.56 bits per heavy atom. The maximum Gasteiger partial charge on any atom is 0.323 e. The highest BCUT2D eigenvalue weighted by Gasteiger charge is 2.40. The van der Waals surface area contributed by atoms with E-state index in [1.54, 1.807) is 0 Å². The molecule has 0 bridgehead atoms. The highest BCUT2D eigenvalue weighted by molar-refractivity contribution is 6.05. The van der Waals surface area contributed by atoms with E-state index in [1.807, 2.05) is 4.90 Å². The maximum atomic E-state index is 11.7. The summed E-state index contributed by atoms with van der Waals surface area (Å²) in [5, 5.41) is 10.5. The van der Waals surface area contributed by atoms with Crippen molar-refractivity contribution in [3.8, 4) is 0 Å². The molecule has 1 aliphatic heterocycles. The van der Waals surface area contributed by atoms with Crippen LogP contribution in [0, 0.1) is 16.7 Å². The third-order valence-electron chi connectivity index (χ3n) is 3.17. The summed E-state index contributed by atoms with van der Waals surface area (Å²) in [5.41, 5.74) is 0.144. The van der Waals surface area contributed by atoms with Gasteiger partial charge in [-0.1, -0.05) is 20.8 Å². The van der Waals surface area contributed by atoms with E-state index >= 15 is 0 Å². The van der Waals surface area contributed by atoms with Crippen LogP contribution in [0.1, 0.15) is 40.0 Å². The van der Waals surface area contributed by atoms with Gasteiger partial charge in [0.25, 0.3) is 0 Å². The molecule has 1 aliphatic carbocycles. The molecule has 0 spiro atoms. The van der Waals surface area contributed by atoms with Crippen molar-refractivity contribution in [2.24, 2.45) is 11.3 Å². The van der Waals surface area contributed by atoms with Crippen LogP contribution in [0.5, 0.6) is 0 Å². The molecule has 0 radical (unpaired) electrons. The van der Waals surface area contributed by atoms with Gasteiger partial charge >= 0.3 is 6.03 Å². The summed E-state index contributed by atoms with van der Waals surface area (Å²) in [6.45, 7) is 7.28. The van der Waals surface area contributed by atoms with Crippen molar-refractivity contribution in [2.75, 3.05) is 6.54 Å². The second-order valence-electron chi connectivity index (χ2n) is 6.22. The lowest BCUT2D eigenvalue weighted by Crippen LogP contribution is -2.39. The van der Waals surface area contributed by atoms with E-state index in [2.05, 4.69) is 26.1 Å². The molecule has 2 N–H and O–H groups in total. The molecule has 2 amide bonds. The standard InChI is InChI=1S/C12H21N3O/c1-12(2,3)6-9-10(13)14-11(16)15(9)7-8-4-5-8/h8-9H,4-7H2,1-3H3,(H2,13,14,16). The zero-order valence-corrected chi connectivity index (χ0v) is 10.3. The van der Waals surface area contributed by atoms with Gasteiger partial charge < -0.3 is 4.90 Å². The van der Waals surface area contributed by atoms with Crippen LogP contribution < -0.4 is 5.32 Å². The first-order valence-electron chi connectivity index (χ1n) is 6.03. The molecule has 1 saturated heterocycles. The normalized spacial score (nSPS) is 26.2. The molecule has 4 heteroatoms. The fourth-order valence-corrected chi connectivity index (χ4v) is 2.15. The Bertz CT molecular complexity index is 315. The maximum absolute atomic E-state index is 11.7. The highest BCUT2D eigenvalue weighted by atomic mass is 16.2. The molecule has 1 heterocycles. The van der Waals surface area contributed by atoms with E-state index in [0.717, 1.165) is 13.0 Å². The molecule has 1 unspecified atom stereocenters. The summed E-state index contributed by atoms with van der Waals surface area (Å²) in [7, 11) is 0. The van der Waals surface area contributed by atoms with Crippen LogP contribution in [0.4, 0.5) is 4.79 Å². The van der Waals surface area contributed by atoms with Crippen LogP contribution in [-0.2, 0) is 0 Å². The molecular weight excluding hydrogens is 202 g/mol. The van der Waals surface area contributed by atoms with E-state index in [1.165, 1.54) is 12.8 Å². The number of amidine groups is 1. The van der Waals surface area contributed by atoms with Gasteiger partial charge in [0, 0.05) is 6.54 Å². The van der Waals surface area contributed by atoms with Gasteiger partial charge in [-0.25, -0.2) is 4.79 Å². The van der Waals surface area contributed by atoms with Crippen molar-refractivity contribution in [1.82, 2.24) is 10.2 Å². The topological polar surface area (TPSA) is 56.2 Å². The molecule has 0 aromatic carbocycles. The second kappa shape index (κ2) is 3.75. The lowest BCUT2D eigenvalue weighted by Gasteiger charge is -2.28. The predicted octanol–water partition coefficient (Wildman–Crippen LogP) is 2.20. The molecule has 16 heavy (non-hydrogen) atoms. The zero-order chi connectivity index (χ0) is 11.9. The van der Waals surface area contributed by atoms with E-state index in [4.69, 9.17) is 5.41 Å². The summed E-state index contributed by atoms with van der Waals surface area (Å²) in [4.78, 5) is 13.6. The Balaban J connectivity index is 2.05. The van der Waals surface area contributed by atoms with E-state index < -0.39 is 0 Å². The Hall–Kier alpha value is -1.06. The highest BCUT2D eigenvalue weighted by Crippen LogP contribution is 2.33. The summed E-state index contributed by atoms with van der Waals surface area (Å²) < 4.78 is 0. The number of nitrogens with zero attached hydrogens (tertiary/aromatic N) is 1. The van der Waals surface area contributed by atoms with Crippen molar-refractivity contribution >= 4 is 11.9 Å². The van der Waals surface area contributed by atoms with Gasteiger partial charge in [-0.2, -0.15) is 0 Å². The molecule has 2 aliphatic rings.